The van der Waals surface area contributed by atoms with E-state index in [9.17, 15) is 4.79 Å². The van der Waals surface area contributed by atoms with Crippen LogP contribution in [-0.2, 0) is 6.42 Å². The number of halogens is 1. The molecular formula is C10H16ClN3OS. The highest BCUT2D eigenvalue weighted by molar-refractivity contribution is 7.17. The summed E-state index contributed by atoms with van der Waals surface area (Å²) in [4.78, 5) is 16.9. The summed E-state index contributed by atoms with van der Waals surface area (Å²) in [6.45, 7) is 2.98. The van der Waals surface area contributed by atoms with Crippen molar-refractivity contribution in [3.05, 3.63) is 10.6 Å². The Hall–Kier alpha value is -0.650. The van der Waals surface area contributed by atoms with E-state index in [-0.39, 0.29) is 24.2 Å². The molecule has 0 radical (unpaired) electrons. The summed E-state index contributed by atoms with van der Waals surface area (Å²) in [5.74, 6) is 0.166. The number of anilines is 1. The maximum absolute atomic E-state index is 12.0. The number of nitrogen functional groups attached to an aromatic ring is 1. The van der Waals surface area contributed by atoms with E-state index in [0.717, 1.165) is 36.4 Å². The maximum Gasteiger partial charge on any atom is 0.191 e. The molecule has 3 N–H and O–H groups in total. The van der Waals surface area contributed by atoms with Gasteiger partial charge in [-0.05, 0) is 25.8 Å². The van der Waals surface area contributed by atoms with Crippen LogP contribution in [0.3, 0.4) is 0 Å². The van der Waals surface area contributed by atoms with E-state index in [0.29, 0.717) is 5.13 Å². The lowest BCUT2D eigenvalue weighted by Crippen LogP contribution is -2.40. The van der Waals surface area contributed by atoms with Gasteiger partial charge in [-0.3, -0.25) is 4.79 Å². The van der Waals surface area contributed by atoms with Crippen LogP contribution in [0.25, 0.3) is 0 Å². The zero-order chi connectivity index (χ0) is 10.8. The summed E-state index contributed by atoms with van der Waals surface area (Å²) in [5, 5.41) is 3.76. The highest BCUT2D eigenvalue weighted by atomic mass is 35.5. The normalized spacial score (nSPS) is 19.1. The third-order valence-electron chi connectivity index (χ3n) is 2.56. The number of Topliss-reactive ketones (excluding diaryl/α,β-unsaturated/α-hetero) is 1. The van der Waals surface area contributed by atoms with Crippen molar-refractivity contribution in [1.29, 1.82) is 0 Å². The number of nitrogens with one attached hydrogen (secondary N) is 1. The Morgan fingerprint density at radius 2 is 2.38 bits per heavy atom. The standard InChI is InChI=1S/C10H15N3OS.ClH/c1-2-5-12-6-3-4-7-9(8(6)14)15-10(11)13-7;/h6,12H,2-5H2,1H3,(H2,11,13);1H/t6-;/m0./s1. The number of hydrogen-bond acceptors (Lipinski definition) is 5. The minimum absolute atomic E-state index is 0. The first-order valence-electron chi connectivity index (χ1n) is 5.25. The largest absolute Gasteiger partial charge is 0.375 e. The molecule has 1 aliphatic carbocycles. The number of nitrogens with zero attached hydrogens (tertiary/aromatic N) is 1. The van der Waals surface area contributed by atoms with Crippen molar-refractivity contribution in [2.24, 2.45) is 0 Å². The van der Waals surface area contributed by atoms with Crippen LogP contribution in [0.15, 0.2) is 0 Å². The molecule has 16 heavy (non-hydrogen) atoms. The molecule has 0 bridgehead atoms. The van der Waals surface area contributed by atoms with Crippen LogP contribution >= 0.6 is 23.7 Å². The molecule has 0 saturated heterocycles. The van der Waals surface area contributed by atoms with Gasteiger partial charge in [-0.1, -0.05) is 18.3 Å². The number of hydrogen-bond donors (Lipinski definition) is 2. The van der Waals surface area contributed by atoms with Gasteiger partial charge in [-0.25, -0.2) is 4.98 Å². The molecule has 0 spiro atoms. The van der Waals surface area contributed by atoms with Gasteiger partial charge in [-0.2, -0.15) is 0 Å². The first-order chi connectivity index (χ1) is 7.22. The number of rotatable bonds is 3. The molecule has 1 aliphatic rings. The fraction of sp³-hybridized carbons (Fsp3) is 0.600. The molecule has 0 fully saturated rings. The van der Waals surface area contributed by atoms with Crippen molar-refractivity contribution in [2.45, 2.75) is 32.2 Å². The van der Waals surface area contributed by atoms with Gasteiger partial charge in [0.2, 0.25) is 0 Å². The number of thiazole rings is 1. The third kappa shape index (κ3) is 2.53. The fourth-order valence-corrected chi connectivity index (χ4v) is 2.69. The van der Waals surface area contributed by atoms with Crippen LogP contribution in [0.2, 0.25) is 0 Å². The SMILES string of the molecule is CCCN[C@H]1CCc2nc(N)sc2C1=O.Cl. The number of nitrogens with two attached hydrogens (primary N) is 1. The minimum Gasteiger partial charge on any atom is -0.375 e. The number of aromatic nitrogens is 1. The number of carbonyl (C=O) groups is 1. The van der Waals surface area contributed by atoms with E-state index in [2.05, 4.69) is 17.2 Å². The summed E-state index contributed by atoms with van der Waals surface area (Å²) in [7, 11) is 0. The third-order valence-corrected chi connectivity index (χ3v) is 3.51. The van der Waals surface area contributed by atoms with E-state index in [4.69, 9.17) is 5.73 Å². The molecule has 0 aliphatic heterocycles. The molecule has 1 aromatic rings. The quantitative estimate of drug-likeness (QED) is 0.868. The molecule has 1 aromatic heterocycles. The average Bonchev–Trinajstić information content (AvgIpc) is 2.59. The van der Waals surface area contributed by atoms with Crippen molar-refractivity contribution in [1.82, 2.24) is 10.3 Å². The Morgan fingerprint density at radius 1 is 1.62 bits per heavy atom. The summed E-state index contributed by atoms with van der Waals surface area (Å²) in [5.41, 5.74) is 6.49. The van der Waals surface area contributed by atoms with E-state index in [1.807, 2.05) is 0 Å². The lowest BCUT2D eigenvalue weighted by molar-refractivity contribution is 0.0932. The van der Waals surface area contributed by atoms with Gasteiger partial charge in [0.1, 0.15) is 0 Å². The smallest absolute Gasteiger partial charge is 0.191 e. The van der Waals surface area contributed by atoms with Gasteiger partial charge in [0.15, 0.2) is 10.9 Å². The second kappa shape index (κ2) is 5.61. The highest BCUT2D eigenvalue weighted by Crippen LogP contribution is 2.28. The summed E-state index contributed by atoms with van der Waals surface area (Å²) in [6, 6.07) is -0.0303. The van der Waals surface area contributed by atoms with E-state index >= 15 is 0 Å². The highest BCUT2D eigenvalue weighted by Gasteiger charge is 2.29. The Balaban J connectivity index is 0.00000128. The Bertz CT molecular complexity index is 380. The average molecular weight is 262 g/mol. The molecule has 6 heteroatoms. The number of carbonyl (C=O) groups excluding carboxylic acids is 1. The Labute approximate surface area is 105 Å². The van der Waals surface area contributed by atoms with Crippen LogP contribution in [0.5, 0.6) is 0 Å². The molecule has 1 heterocycles. The Morgan fingerprint density at radius 3 is 3.06 bits per heavy atom. The lowest BCUT2D eigenvalue weighted by Gasteiger charge is -2.20. The number of aryl methyl sites for hydroxylation is 1. The Kier molecular flexibility index (Phi) is 4.70. The van der Waals surface area contributed by atoms with Crippen LogP contribution in [-0.4, -0.2) is 23.4 Å². The number of fused-ring (bicyclic) bond motifs is 1. The molecule has 0 saturated carbocycles. The summed E-state index contributed by atoms with van der Waals surface area (Å²) in [6.07, 6.45) is 2.74. The monoisotopic (exact) mass is 261 g/mol. The maximum atomic E-state index is 12.0. The van der Waals surface area contributed by atoms with Crippen molar-refractivity contribution in [3.8, 4) is 0 Å². The second-order valence-electron chi connectivity index (χ2n) is 3.74. The van der Waals surface area contributed by atoms with Crippen LogP contribution < -0.4 is 11.1 Å². The van der Waals surface area contributed by atoms with Crippen LogP contribution in [0, 0.1) is 0 Å². The molecule has 0 aromatic carbocycles. The van der Waals surface area contributed by atoms with Crippen molar-refractivity contribution >= 4 is 34.7 Å². The van der Waals surface area contributed by atoms with Crippen LogP contribution in [0.1, 0.15) is 35.1 Å². The first-order valence-corrected chi connectivity index (χ1v) is 6.06. The van der Waals surface area contributed by atoms with Crippen molar-refractivity contribution in [3.63, 3.8) is 0 Å². The van der Waals surface area contributed by atoms with Crippen LogP contribution in [0.4, 0.5) is 5.13 Å². The van der Waals surface area contributed by atoms with Gasteiger partial charge in [-0.15, -0.1) is 12.4 Å². The number of ketones is 1. The van der Waals surface area contributed by atoms with E-state index < -0.39 is 0 Å². The fourth-order valence-electron chi connectivity index (χ4n) is 1.82. The summed E-state index contributed by atoms with van der Waals surface area (Å²) >= 11 is 1.31. The molecule has 4 nitrogen and oxygen atoms in total. The van der Waals surface area contributed by atoms with E-state index in [1.165, 1.54) is 11.3 Å². The topological polar surface area (TPSA) is 68.0 Å². The molecule has 1 atom stereocenters. The lowest BCUT2D eigenvalue weighted by atomic mass is 9.96. The molecule has 90 valence electrons. The second-order valence-corrected chi connectivity index (χ2v) is 4.77. The van der Waals surface area contributed by atoms with Gasteiger partial charge in [0, 0.05) is 0 Å². The van der Waals surface area contributed by atoms with Gasteiger partial charge in [0.05, 0.1) is 16.6 Å². The van der Waals surface area contributed by atoms with Gasteiger partial charge >= 0.3 is 0 Å². The zero-order valence-electron chi connectivity index (χ0n) is 9.16. The van der Waals surface area contributed by atoms with Gasteiger partial charge in [0.25, 0.3) is 0 Å². The molecular weight excluding hydrogens is 246 g/mol. The molecule has 0 unspecified atom stereocenters. The molecule has 0 amide bonds. The molecule has 2 rings (SSSR count). The van der Waals surface area contributed by atoms with Crippen molar-refractivity contribution in [2.75, 3.05) is 12.3 Å². The first kappa shape index (κ1) is 13.4. The zero-order valence-corrected chi connectivity index (χ0v) is 10.8. The summed E-state index contributed by atoms with van der Waals surface area (Å²) < 4.78 is 0. The predicted octanol–water partition coefficient (Wildman–Crippen LogP) is 1.64. The van der Waals surface area contributed by atoms with Gasteiger partial charge < -0.3 is 11.1 Å². The predicted molar refractivity (Wildman–Crippen MR) is 68.5 cm³/mol. The minimum atomic E-state index is -0.0303. The van der Waals surface area contributed by atoms with E-state index in [1.54, 1.807) is 0 Å². The van der Waals surface area contributed by atoms with Crippen molar-refractivity contribution < 1.29 is 4.79 Å².